The van der Waals surface area contributed by atoms with E-state index in [0.717, 1.165) is 37.2 Å². The molecule has 1 fully saturated rings. The van der Waals surface area contributed by atoms with Gasteiger partial charge in [-0.3, -0.25) is 9.58 Å². The van der Waals surface area contributed by atoms with E-state index >= 15 is 0 Å². The smallest absolute Gasteiger partial charge is 0.244 e. The van der Waals surface area contributed by atoms with Gasteiger partial charge in [0.25, 0.3) is 0 Å². The first-order valence-electron chi connectivity index (χ1n) is 8.78. The topological polar surface area (TPSA) is 76.5 Å². The molecule has 8 heteroatoms. The maximum Gasteiger partial charge on any atom is 0.244 e. The average molecular weight is 378 g/mol. The van der Waals surface area contributed by atoms with E-state index in [4.69, 9.17) is 4.74 Å². The van der Waals surface area contributed by atoms with Gasteiger partial charge in [-0.25, -0.2) is 13.1 Å². The highest BCUT2D eigenvalue weighted by Gasteiger charge is 2.27. The predicted octanol–water partition coefficient (Wildman–Crippen LogP) is 1.85. The molecule has 26 heavy (non-hydrogen) atoms. The van der Waals surface area contributed by atoms with E-state index in [1.54, 1.807) is 21.1 Å². The van der Waals surface area contributed by atoms with E-state index in [1.807, 2.05) is 24.3 Å². The van der Waals surface area contributed by atoms with Gasteiger partial charge in [0.05, 0.1) is 12.8 Å². The SMILES string of the molecule is COc1ccc([C@H](CNS(=O)(=O)c2cn(C)nc2C)N2CCCC2)cc1. The highest BCUT2D eigenvalue weighted by atomic mass is 32.2. The molecule has 1 aromatic heterocycles. The summed E-state index contributed by atoms with van der Waals surface area (Å²) >= 11 is 0. The van der Waals surface area contributed by atoms with Crippen molar-refractivity contribution in [3.05, 3.63) is 41.7 Å². The highest BCUT2D eigenvalue weighted by molar-refractivity contribution is 7.89. The van der Waals surface area contributed by atoms with Crippen LogP contribution in [0.5, 0.6) is 5.75 Å². The number of methoxy groups -OCH3 is 1. The molecule has 0 saturated carbocycles. The van der Waals surface area contributed by atoms with Crippen molar-refractivity contribution in [1.29, 1.82) is 0 Å². The number of benzene rings is 1. The van der Waals surface area contributed by atoms with Crippen LogP contribution in [0.25, 0.3) is 0 Å². The Balaban J connectivity index is 1.80. The van der Waals surface area contributed by atoms with Crippen molar-refractivity contribution < 1.29 is 13.2 Å². The molecule has 0 bridgehead atoms. The summed E-state index contributed by atoms with van der Waals surface area (Å²) in [5, 5.41) is 4.13. The fourth-order valence-electron chi connectivity index (χ4n) is 3.45. The quantitative estimate of drug-likeness (QED) is 0.796. The minimum atomic E-state index is -3.60. The first-order chi connectivity index (χ1) is 12.4. The van der Waals surface area contributed by atoms with Crippen molar-refractivity contribution in [3.8, 4) is 5.75 Å². The lowest BCUT2D eigenvalue weighted by Crippen LogP contribution is -2.36. The Kier molecular flexibility index (Phi) is 5.64. The van der Waals surface area contributed by atoms with Gasteiger partial charge >= 0.3 is 0 Å². The lowest BCUT2D eigenvalue weighted by atomic mass is 10.1. The molecule has 1 N–H and O–H groups in total. The molecular formula is C18H26N4O3S. The summed E-state index contributed by atoms with van der Waals surface area (Å²) in [5.41, 5.74) is 1.58. The Bertz CT molecular complexity index is 840. The van der Waals surface area contributed by atoms with E-state index < -0.39 is 10.0 Å². The van der Waals surface area contributed by atoms with Crippen LogP contribution in [-0.2, 0) is 17.1 Å². The Morgan fingerprint density at radius 2 is 1.88 bits per heavy atom. The molecule has 1 saturated heterocycles. The molecule has 0 aliphatic carbocycles. The fourth-order valence-corrected chi connectivity index (χ4v) is 4.70. The molecule has 0 amide bonds. The molecule has 0 radical (unpaired) electrons. The maximum absolute atomic E-state index is 12.7. The Morgan fingerprint density at radius 3 is 2.42 bits per heavy atom. The fraction of sp³-hybridized carbons (Fsp3) is 0.500. The molecule has 2 heterocycles. The van der Waals surface area contributed by atoms with E-state index in [1.165, 1.54) is 10.9 Å². The predicted molar refractivity (Wildman–Crippen MR) is 99.7 cm³/mol. The Morgan fingerprint density at radius 1 is 1.23 bits per heavy atom. The zero-order chi connectivity index (χ0) is 18.7. The molecule has 1 atom stereocenters. The van der Waals surface area contributed by atoms with Crippen molar-refractivity contribution >= 4 is 10.0 Å². The van der Waals surface area contributed by atoms with Gasteiger partial charge in [-0.2, -0.15) is 5.10 Å². The summed E-state index contributed by atoms with van der Waals surface area (Å²) in [7, 11) is -0.245. The number of nitrogens with zero attached hydrogens (tertiary/aromatic N) is 3. The van der Waals surface area contributed by atoms with Crippen molar-refractivity contribution in [2.24, 2.45) is 7.05 Å². The molecule has 3 rings (SSSR count). The van der Waals surface area contributed by atoms with Crippen molar-refractivity contribution in [2.45, 2.75) is 30.7 Å². The summed E-state index contributed by atoms with van der Waals surface area (Å²) in [6.07, 6.45) is 3.82. The molecule has 1 aliphatic rings. The number of aromatic nitrogens is 2. The van der Waals surface area contributed by atoms with Crippen molar-refractivity contribution in [3.63, 3.8) is 0 Å². The number of nitrogens with one attached hydrogen (secondary N) is 1. The third kappa shape index (κ3) is 4.08. The van der Waals surface area contributed by atoms with Crippen LogP contribution in [0.1, 0.15) is 30.1 Å². The van der Waals surface area contributed by atoms with Crippen LogP contribution < -0.4 is 9.46 Å². The number of hydrogen-bond acceptors (Lipinski definition) is 5. The standard InChI is InChI=1S/C18H26N4O3S/c1-14-18(13-21(2)20-14)26(23,24)19-12-17(22-10-4-5-11-22)15-6-8-16(25-3)9-7-15/h6-9,13,17,19H,4-5,10-12H2,1-3H3/t17-/m0/s1. The lowest BCUT2D eigenvalue weighted by Gasteiger charge is -2.28. The number of hydrogen-bond donors (Lipinski definition) is 1. The van der Waals surface area contributed by atoms with Crippen LogP contribution in [-0.4, -0.2) is 49.8 Å². The summed E-state index contributed by atoms with van der Waals surface area (Å²) in [4.78, 5) is 2.57. The Hall–Kier alpha value is -1.90. The second kappa shape index (κ2) is 7.77. The van der Waals surface area contributed by atoms with Crippen LogP contribution in [0.2, 0.25) is 0 Å². The number of sulfonamides is 1. The number of rotatable bonds is 7. The van der Waals surface area contributed by atoms with Gasteiger partial charge in [-0.05, 0) is 50.6 Å². The van der Waals surface area contributed by atoms with Crippen LogP contribution in [0.15, 0.2) is 35.4 Å². The van der Waals surface area contributed by atoms with Crippen molar-refractivity contribution in [1.82, 2.24) is 19.4 Å². The van der Waals surface area contributed by atoms with Crippen LogP contribution in [0.4, 0.5) is 0 Å². The summed E-state index contributed by atoms with van der Waals surface area (Å²) in [5.74, 6) is 0.792. The van der Waals surface area contributed by atoms with Gasteiger partial charge < -0.3 is 4.74 Å². The summed E-state index contributed by atoms with van der Waals surface area (Å²) in [6, 6.07) is 7.84. The second-order valence-corrected chi connectivity index (χ2v) is 8.37. The van der Waals surface area contributed by atoms with Crippen LogP contribution >= 0.6 is 0 Å². The number of ether oxygens (including phenoxy) is 1. The molecule has 0 spiro atoms. The largest absolute Gasteiger partial charge is 0.497 e. The van der Waals surface area contributed by atoms with Crippen molar-refractivity contribution in [2.75, 3.05) is 26.7 Å². The van der Waals surface area contributed by atoms with E-state index in [-0.39, 0.29) is 10.9 Å². The van der Waals surface area contributed by atoms with E-state index in [9.17, 15) is 8.42 Å². The lowest BCUT2D eigenvalue weighted by molar-refractivity contribution is 0.246. The molecule has 1 aromatic carbocycles. The van der Waals surface area contributed by atoms with Gasteiger partial charge in [-0.15, -0.1) is 0 Å². The van der Waals surface area contributed by atoms with Gasteiger partial charge in [-0.1, -0.05) is 12.1 Å². The molecule has 1 aliphatic heterocycles. The van der Waals surface area contributed by atoms with Gasteiger partial charge in [0.15, 0.2) is 0 Å². The van der Waals surface area contributed by atoms with E-state index in [0.29, 0.717) is 12.2 Å². The number of likely N-dealkylation sites (tertiary alicyclic amines) is 1. The number of aryl methyl sites for hydroxylation is 2. The first-order valence-corrected chi connectivity index (χ1v) is 10.3. The Labute approximate surface area is 155 Å². The molecular weight excluding hydrogens is 352 g/mol. The molecule has 0 unspecified atom stereocenters. The average Bonchev–Trinajstić information content (AvgIpc) is 3.25. The maximum atomic E-state index is 12.7. The third-order valence-electron chi connectivity index (χ3n) is 4.81. The van der Waals surface area contributed by atoms with Gasteiger partial charge in [0.2, 0.25) is 10.0 Å². The third-order valence-corrected chi connectivity index (χ3v) is 6.33. The molecule has 142 valence electrons. The monoisotopic (exact) mass is 378 g/mol. The minimum Gasteiger partial charge on any atom is -0.497 e. The molecule has 7 nitrogen and oxygen atoms in total. The van der Waals surface area contributed by atoms with Gasteiger partial charge in [0, 0.05) is 25.8 Å². The van der Waals surface area contributed by atoms with E-state index in [2.05, 4.69) is 14.7 Å². The zero-order valence-corrected chi connectivity index (χ0v) is 16.3. The molecule has 2 aromatic rings. The summed E-state index contributed by atoms with van der Waals surface area (Å²) in [6.45, 7) is 3.98. The van der Waals surface area contributed by atoms with Crippen LogP contribution in [0.3, 0.4) is 0 Å². The van der Waals surface area contributed by atoms with Crippen LogP contribution in [0, 0.1) is 6.92 Å². The highest BCUT2D eigenvalue weighted by Crippen LogP contribution is 2.27. The zero-order valence-electron chi connectivity index (χ0n) is 15.5. The summed E-state index contributed by atoms with van der Waals surface area (Å²) < 4.78 is 35.0. The second-order valence-electron chi connectivity index (χ2n) is 6.64. The minimum absolute atomic E-state index is 0.00448. The van der Waals surface area contributed by atoms with Gasteiger partial charge in [0.1, 0.15) is 10.6 Å². The normalized spacial score (nSPS) is 16.7. The first kappa shape index (κ1) is 18.9.